The van der Waals surface area contributed by atoms with E-state index in [9.17, 15) is 5.11 Å². The number of aryl methyl sites for hydroxylation is 1. The molecule has 0 radical (unpaired) electrons. The smallest absolute Gasteiger partial charge is 0.142 e. The fraction of sp³-hybridized carbons (Fsp3) is 0.571. The average molecular weight is 250 g/mol. The summed E-state index contributed by atoms with van der Waals surface area (Å²) in [6.07, 6.45) is 1.42. The molecule has 4 heteroatoms. The van der Waals surface area contributed by atoms with Crippen molar-refractivity contribution in [3.05, 3.63) is 23.8 Å². The summed E-state index contributed by atoms with van der Waals surface area (Å²) in [5.41, 5.74) is 7.24. The highest BCUT2D eigenvalue weighted by Crippen LogP contribution is 2.33. The number of hydrogen-bond acceptors (Lipinski definition) is 4. The molecular formula is C14H22N2O2. The van der Waals surface area contributed by atoms with E-state index in [1.807, 2.05) is 12.1 Å². The molecule has 1 aliphatic rings. The van der Waals surface area contributed by atoms with Crippen molar-refractivity contribution in [3.63, 3.8) is 0 Å². The minimum atomic E-state index is -0.687. The number of nitrogens with two attached hydrogens (primary N) is 1. The first-order valence-electron chi connectivity index (χ1n) is 6.40. The van der Waals surface area contributed by atoms with Gasteiger partial charge in [-0.25, -0.2) is 0 Å². The van der Waals surface area contributed by atoms with E-state index in [1.54, 1.807) is 7.11 Å². The van der Waals surface area contributed by atoms with Gasteiger partial charge in [0.05, 0.1) is 18.4 Å². The van der Waals surface area contributed by atoms with Crippen LogP contribution in [0.4, 0.5) is 5.69 Å². The summed E-state index contributed by atoms with van der Waals surface area (Å²) in [5, 5.41) is 10.1. The highest BCUT2D eigenvalue weighted by atomic mass is 16.5. The second-order valence-corrected chi connectivity index (χ2v) is 5.09. The zero-order valence-corrected chi connectivity index (χ0v) is 11.1. The minimum absolute atomic E-state index is 0.339. The highest BCUT2D eigenvalue weighted by molar-refractivity contribution is 5.60. The van der Waals surface area contributed by atoms with Crippen LogP contribution in [0.5, 0.6) is 5.75 Å². The molecule has 1 saturated heterocycles. The Balaban J connectivity index is 2.16. The molecule has 1 aliphatic heterocycles. The number of methoxy groups -OCH3 is 1. The van der Waals surface area contributed by atoms with Gasteiger partial charge in [-0.05, 0) is 37.5 Å². The molecule has 1 fully saturated rings. The Morgan fingerprint density at radius 1 is 1.39 bits per heavy atom. The summed E-state index contributed by atoms with van der Waals surface area (Å²) in [4.78, 5) is 2.26. The first-order chi connectivity index (χ1) is 8.58. The van der Waals surface area contributed by atoms with Gasteiger partial charge in [-0.3, -0.25) is 0 Å². The molecule has 0 atom stereocenters. The van der Waals surface area contributed by atoms with Crippen molar-refractivity contribution < 1.29 is 9.84 Å². The molecule has 3 N–H and O–H groups in total. The molecule has 1 aromatic carbocycles. The van der Waals surface area contributed by atoms with Crippen LogP contribution in [0.2, 0.25) is 0 Å². The van der Waals surface area contributed by atoms with Gasteiger partial charge in [-0.15, -0.1) is 0 Å². The third-order valence-corrected chi connectivity index (χ3v) is 3.75. The summed E-state index contributed by atoms with van der Waals surface area (Å²) < 4.78 is 5.40. The Kier molecular flexibility index (Phi) is 3.78. The molecule has 100 valence electrons. The topological polar surface area (TPSA) is 58.7 Å². The lowest BCUT2D eigenvalue weighted by atomic mass is 9.91. The lowest BCUT2D eigenvalue weighted by Gasteiger charge is -2.39. The monoisotopic (exact) mass is 250 g/mol. The maximum absolute atomic E-state index is 10.1. The number of nitrogens with zero attached hydrogens (tertiary/aromatic N) is 1. The number of hydrogen-bond donors (Lipinski definition) is 2. The van der Waals surface area contributed by atoms with Gasteiger partial charge in [0.25, 0.3) is 0 Å². The van der Waals surface area contributed by atoms with Crippen molar-refractivity contribution >= 4 is 5.69 Å². The number of piperidine rings is 1. The van der Waals surface area contributed by atoms with E-state index in [4.69, 9.17) is 10.5 Å². The maximum atomic E-state index is 10.1. The normalized spacial score (nSPS) is 18.8. The third kappa shape index (κ3) is 2.60. The van der Waals surface area contributed by atoms with Gasteiger partial charge in [-0.1, -0.05) is 6.07 Å². The zero-order chi connectivity index (χ0) is 13.2. The van der Waals surface area contributed by atoms with E-state index in [2.05, 4.69) is 17.9 Å². The maximum Gasteiger partial charge on any atom is 0.142 e. The highest BCUT2D eigenvalue weighted by Gasteiger charge is 2.31. The van der Waals surface area contributed by atoms with Crippen molar-refractivity contribution in [3.8, 4) is 5.75 Å². The van der Waals surface area contributed by atoms with E-state index in [0.717, 1.165) is 24.5 Å². The SMILES string of the molecule is COc1ccc(C)cc1N1CCC(O)(CN)CC1. The van der Waals surface area contributed by atoms with E-state index in [1.165, 1.54) is 5.56 Å². The average Bonchev–Trinajstić information content (AvgIpc) is 2.39. The molecule has 1 heterocycles. The lowest BCUT2D eigenvalue weighted by Crippen LogP contribution is -2.48. The molecule has 0 spiro atoms. The largest absolute Gasteiger partial charge is 0.495 e. The molecule has 0 aromatic heterocycles. The molecule has 4 nitrogen and oxygen atoms in total. The van der Waals surface area contributed by atoms with Crippen molar-refractivity contribution in [1.29, 1.82) is 0 Å². The number of benzene rings is 1. The van der Waals surface area contributed by atoms with Crippen LogP contribution in [0.25, 0.3) is 0 Å². The molecule has 0 bridgehead atoms. The first-order valence-corrected chi connectivity index (χ1v) is 6.40. The van der Waals surface area contributed by atoms with Crippen molar-refractivity contribution in [2.24, 2.45) is 5.73 Å². The fourth-order valence-corrected chi connectivity index (χ4v) is 2.42. The van der Waals surface area contributed by atoms with Crippen LogP contribution in [0, 0.1) is 6.92 Å². The fourth-order valence-electron chi connectivity index (χ4n) is 2.42. The van der Waals surface area contributed by atoms with Crippen LogP contribution in [0.15, 0.2) is 18.2 Å². The van der Waals surface area contributed by atoms with Crippen LogP contribution < -0.4 is 15.4 Å². The van der Waals surface area contributed by atoms with Gasteiger partial charge in [0, 0.05) is 19.6 Å². The molecule has 1 aromatic rings. The van der Waals surface area contributed by atoms with Gasteiger partial charge >= 0.3 is 0 Å². The zero-order valence-electron chi connectivity index (χ0n) is 11.1. The van der Waals surface area contributed by atoms with Gasteiger partial charge < -0.3 is 20.5 Å². The number of rotatable bonds is 3. The number of ether oxygens (including phenoxy) is 1. The van der Waals surface area contributed by atoms with Crippen LogP contribution >= 0.6 is 0 Å². The van der Waals surface area contributed by atoms with Crippen molar-refractivity contribution in [2.75, 3.05) is 31.6 Å². The molecule has 18 heavy (non-hydrogen) atoms. The van der Waals surface area contributed by atoms with E-state index < -0.39 is 5.60 Å². The molecule has 0 aliphatic carbocycles. The van der Waals surface area contributed by atoms with Crippen molar-refractivity contribution in [2.45, 2.75) is 25.4 Å². The van der Waals surface area contributed by atoms with E-state index in [0.29, 0.717) is 19.4 Å². The van der Waals surface area contributed by atoms with Crippen molar-refractivity contribution in [1.82, 2.24) is 0 Å². The summed E-state index contributed by atoms with van der Waals surface area (Å²) in [6, 6.07) is 6.17. The van der Waals surface area contributed by atoms with Crippen LogP contribution in [0.1, 0.15) is 18.4 Å². The van der Waals surface area contributed by atoms with E-state index in [-0.39, 0.29) is 0 Å². The summed E-state index contributed by atoms with van der Waals surface area (Å²) >= 11 is 0. The standard InChI is InChI=1S/C14H22N2O2/c1-11-3-4-13(18-2)12(9-11)16-7-5-14(17,10-15)6-8-16/h3-4,9,17H,5-8,10,15H2,1-2H3. The van der Waals surface area contributed by atoms with Crippen LogP contribution in [-0.2, 0) is 0 Å². The Morgan fingerprint density at radius 2 is 2.06 bits per heavy atom. The van der Waals surface area contributed by atoms with Gasteiger partial charge in [0.15, 0.2) is 0 Å². The van der Waals surface area contributed by atoms with E-state index >= 15 is 0 Å². The summed E-state index contributed by atoms with van der Waals surface area (Å²) in [7, 11) is 1.69. The molecule has 0 saturated carbocycles. The minimum Gasteiger partial charge on any atom is -0.495 e. The molecule has 2 rings (SSSR count). The Hall–Kier alpha value is -1.26. The lowest BCUT2D eigenvalue weighted by molar-refractivity contribution is 0.0249. The molecule has 0 amide bonds. The number of anilines is 1. The first kappa shape index (κ1) is 13.2. The Labute approximate surface area is 108 Å². The van der Waals surface area contributed by atoms with Gasteiger partial charge in [0.2, 0.25) is 0 Å². The predicted molar refractivity (Wildman–Crippen MR) is 73.2 cm³/mol. The third-order valence-electron chi connectivity index (χ3n) is 3.75. The van der Waals surface area contributed by atoms with Gasteiger partial charge in [0.1, 0.15) is 5.75 Å². The summed E-state index contributed by atoms with van der Waals surface area (Å²) in [6.45, 7) is 4.04. The quantitative estimate of drug-likeness (QED) is 0.849. The van der Waals surface area contributed by atoms with Crippen LogP contribution in [0.3, 0.4) is 0 Å². The second kappa shape index (κ2) is 5.16. The molecular weight excluding hydrogens is 228 g/mol. The van der Waals surface area contributed by atoms with Gasteiger partial charge in [-0.2, -0.15) is 0 Å². The second-order valence-electron chi connectivity index (χ2n) is 5.09. The predicted octanol–water partition coefficient (Wildman–Crippen LogP) is 1.29. The van der Waals surface area contributed by atoms with Crippen LogP contribution in [-0.4, -0.2) is 37.5 Å². The Bertz CT molecular complexity index is 412. The molecule has 0 unspecified atom stereocenters. The summed E-state index contributed by atoms with van der Waals surface area (Å²) in [5.74, 6) is 0.888. The number of aliphatic hydroxyl groups is 1. The Morgan fingerprint density at radius 3 is 2.61 bits per heavy atom.